The summed E-state index contributed by atoms with van der Waals surface area (Å²) in [4.78, 5) is 1.20. The van der Waals surface area contributed by atoms with E-state index in [0.29, 0.717) is 6.61 Å². The lowest BCUT2D eigenvalue weighted by molar-refractivity contribution is 0.309. The Kier molecular flexibility index (Phi) is 4.80. The molecule has 0 bridgehead atoms. The second-order valence-electron chi connectivity index (χ2n) is 4.08. The molecule has 1 aromatic heterocycles. The van der Waals surface area contributed by atoms with Crippen LogP contribution in [0.1, 0.15) is 29.8 Å². The van der Waals surface area contributed by atoms with Gasteiger partial charge in [-0.2, -0.15) is 0 Å². The predicted octanol–water partition coefficient (Wildman–Crippen LogP) is 4.50. The fraction of sp³-hybridized carbons (Fsp3) is 0.286. The molecule has 2 rings (SSSR count). The molecule has 0 amide bonds. The van der Waals surface area contributed by atoms with Crippen molar-refractivity contribution in [3.8, 4) is 5.75 Å². The summed E-state index contributed by atoms with van der Waals surface area (Å²) in [6.07, 6.45) is 0.948. The van der Waals surface area contributed by atoms with E-state index in [2.05, 4.69) is 28.9 Å². The van der Waals surface area contributed by atoms with Crippen LogP contribution >= 0.6 is 27.3 Å². The maximum absolute atomic E-state index is 5.97. The molecule has 0 aliphatic heterocycles. The number of halogens is 1. The molecule has 1 aromatic carbocycles. The highest BCUT2D eigenvalue weighted by molar-refractivity contribution is 9.11. The van der Waals surface area contributed by atoms with Crippen LogP contribution in [0, 0.1) is 0 Å². The number of rotatable bonds is 5. The van der Waals surface area contributed by atoms with Gasteiger partial charge in [-0.25, -0.2) is 0 Å². The second-order valence-corrected chi connectivity index (χ2v) is 6.63. The summed E-state index contributed by atoms with van der Waals surface area (Å²) >= 11 is 5.13. The number of nitrogens with two attached hydrogens (primary N) is 1. The van der Waals surface area contributed by atoms with Crippen LogP contribution in [-0.4, -0.2) is 0 Å². The van der Waals surface area contributed by atoms with Crippen LogP contribution < -0.4 is 10.5 Å². The zero-order valence-corrected chi connectivity index (χ0v) is 12.6. The molecule has 96 valence electrons. The molecule has 0 spiro atoms. The first kappa shape index (κ1) is 13.6. The molecule has 0 aliphatic rings. The van der Waals surface area contributed by atoms with Crippen molar-refractivity contribution in [3.05, 3.63) is 50.6 Å². The average Bonchev–Trinajstić information content (AvgIpc) is 2.82. The minimum Gasteiger partial charge on any atom is -0.488 e. The van der Waals surface area contributed by atoms with E-state index in [1.807, 2.05) is 30.3 Å². The van der Waals surface area contributed by atoms with E-state index in [0.717, 1.165) is 21.5 Å². The Hall–Kier alpha value is -0.840. The number of thiophene rings is 1. The quantitative estimate of drug-likeness (QED) is 0.878. The molecule has 18 heavy (non-hydrogen) atoms. The van der Waals surface area contributed by atoms with Gasteiger partial charge in [-0.3, -0.25) is 0 Å². The average molecular weight is 326 g/mol. The summed E-state index contributed by atoms with van der Waals surface area (Å²) in [6, 6.07) is 12.2. The largest absolute Gasteiger partial charge is 0.488 e. The minimum absolute atomic E-state index is 0.118. The maximum atomic E-state index is 5.97. The Morgan fingerprint density at radius 1 is 1.22 bits per heavy atom. The third kappa shape index (κ3) is 3.57. The third-order valence-corrected chi connectivity index (χ3v) is 4.36. The second kappa shape index (κ2) is 6.36. The first-order valence-electron chi connectivity index (χ1n) is 5.91. The minimum atomic E-state index is 0.118. The molecule has 2 N–H and O–H groups in total. The Morgan fingerprint density at radius 3 is 2.50 bits per heavy atom. The Morgan fingerprint density at radius 2 is 1.94 bits per heavy atom. The van der Waals surface area contributed by atoms with E-state index >= 15 is 0 Å². The van der Waals surface area contributed by atoms with Gasteiger partial charge in [0.1, 0.15) is 12.4 Å². The summed E-state index contributed by atoms with van der Waals surface area (Å²) in [6.45, 7) is 2.69. The Labute approximate surface area is 120 Å². The zero-order valence-electron chi connectivity index (χ0n) is 10.2. The summed E-state index contributed by atoms with van der Waals surface area (Å²) < 4.78 is 6.85. The molecule has 0 unspecified atom stereocenters. The van der Waals surface area contributed by atoms with E-state index in [1.165, 1.54) is 4.88 Å². The van der Waals surface area contributed by atoms with Gasteiger partial charge in [0.25, 0.3) is 0 Å². The predicted molar refractivity (Wildman–Crippen MR) is 80.0 cm³/mol. The first-order chi connectivity index (χ1) is 8.69. The molecule has 0 aliphatic carbocycles. The summed E-state index contributed by atoms with van der Waals surface area (Å²) in [7, 11) is 0. The lowest BCUT2D eigenvalue weighted by Crippen LogP contribution is -2.08. The van der Waals surface area contributed by atoms with Crippen LogP contribution in [0.15, 0.2) is 40.2 Å². The Bertz CT molecular complexity index is 495. The van der Waals surface area contributed by atoms with Crippen LogP contribution in [0.4, 0.5) is 0 Å². The Balaban J connectivity index is 1.94. The van der Waals surface area contributed by atoms with Crippen molar-refractivity contribution in [2.45, 2.75) is 26.0 Å². The summed E-state index contributed by atoms with van der Waals surface area (Å²) in [5.74, 6) is 0.881. The van der Waals surface area contributed by atoms with Crippen LogP contribution in [0.25, 0.3) is 0 Å². The van der Waals surface area contributed by atoms with Gasteiger partial charge in [-0.1, -0.05) is 19.1 Å². The fourth-order valence-electron chi connectivity index (χ4n) is 1.63. The molecule has 2 nitrogen and oxygen atoms in total. The van der Waals surface area contributed by atoms with Gasteiger partial charge in [0.15, 0.2) is 0 Å². The first-order valence-corrected chi connectivity index (χ1v) is 7.52. The van der Waals surface area contributed by atoms with Crippen molar-refractivity contribution in [2.75, 3.05) is 0 Å². The monoisotopic (exact) mass is 325 g/mol. The molecule has 0 radical (unpaired) electrons. The number of ether oxygens (including phenoxy) is 1. The lowest BCUT2D eigenvalue weighted by Gasteiger charge is -2.10. The van der Waals surface area contributed by atoms with Crippen molar-refractivity contribution < 1.29 is 4.74 Å². The van der Waals surface area contributed by atoms with Gasteiger partial charge >= 0.3 is 0 Å². The number of hydrogen-bond donors (Lipinski definition) is 1. The zero-order chi connectivity index (χ0) is 13.0. The molecule has 2 aromatic rings. The van der Waals surface area contributed by atoms with Crippen LogP contribution in [0.5, 0.6) is 5.75 Å². The normalized spacial score (nSPS) is 12.4. The molecular weight excluding hydrogens is 310 g/mol. The molecule has 0 saturated carbocycles. The lowest BCUT2D eigenvalue weighted by atomic mass is 10.1. The number of hydrogen-bond acceptors (Lipinski definition) is 3. The standard InChI is InChI=1S/C14H16BrNOS/c1-2-13(16)10-3-5-11(6-4-10)17-9-12-7-8-14(15)18-12/h3-8,13H,2,9,16H2,1H3/t13-/m1/s1. The van der Waals surface area contributed by atoms with E-state index in [9.17, 15) is 0 Å². The summed E-state index contributed by atoms with van der Waals surface area (Å²) in [5, 5.41) is 0. The van der Waals surface area contributed by atoms with Crippen LogP contribution in [-0.2, 0) is 6.61 Å². The molecular formula is C14H16BrNOS. The van der Waals surface area contributed by atoms with E-state index in [4.69, 9.17) is 10.5 Å². The molecule has 4 heteroatoms. The molecule has 0 fully saturated rings. The summed E-state index contributed by atoms with van der Waals surface area (Å²) in [5.41, 5.74) is 7.12. The van der Waals surface area contributed by atoms with Gasteiger partial charge in [0, 0.05) is 10.9 Å². The SMILES string of the molecule is CC[C@@H](N)c1ccc(OCc2ccc(Br)s2)cc1. The molecule has 0 saturated heterocycles. The number of benzene rings is 1. The highest BCUT2D eigenvalue weighted by atomic mass is 79.9. The van der Waals surface area contributed by atoms with E-state index in [-0.39, 0.29) is 6.04 Å². The van der Waals surface area contributed by atoms with Crippen molar-refractivity contribution in [3.63, 3.8) is 0 Å². The van der Waals surface area contributed by atoms with Crippen LogP contribution in [0.2, 0.25) is 0 Å². The van der Waals surface area contributed by atoms with E-state index < -0.39 is 0 Å². The van der Waals surface area contributed by atoms with Crippen molar-refractivity contribution in [2.24, 2.45) is 5.73 Å². The van der Waals surface area contributed by atoms with Gasteiger partial charge in [0.05, 0.1) is 3.79 Å². The molecule has 1 atom stereocenters. The fourth-order valence-corrected chi connectivity index (χ4v) is 3.03. The van der Waals surface area contributed by atoms with Crippen molar-refractivity contribution >= 4 is 27.3 Å². The van der Waals surface area contributed by atoms with Gasteiger partial charge in [0.2, 0.25) is 0 Å². The van der Waals surface area contributed by atoms with Gasteiger partial charge in [-0.15, -0.1) is 11.3 Å². The van der Waals surface area contributed by atoms with E-state index in [1.54, 1.807) is 11.3 Å². The van der Waals surface area contributed by atoms with Crippen molar-refractivity contribution in [1.82, 2.24) is 0 Å². The van der Waals surface area contributed by atoms with Gasteiger partial charge < -0.3 is 10.5 Å². The van der Waals surface area contributed by atoms with Crippen molar-refractivity contribution in [1.29, 1.82) is 0 Å². The highest BCUT2D eigenvalue weighted by Crippen LogP contribution is 2.24. The maximum Gasteiger partial charge on any atom is 0.122 e. The topological polar surface area (TPSA) is 35.2 Å². The highest BCUT2D eigenvalue weighted by Gasteiger charge is 2.03. The van der Waals surface area contributed by atoms with Gasteiger partial charge in [-0.05, 0) is 52.2 Å². The molecule has 1 heterocycles. The van der Waals surface area contributed by atoms with Crippen LogP contribution in [0.3, 0.4) is 0 Å². The smallest absolute Gasteiger partial charge is 0.122 e. The third-order valence-electron chi connectivity index (χ3n) is 2.76.